The van der Waals surface area contributed by atoms with Gasteiger partial charge in [-0.25, -0.2) is 0 Å². The first-order valence-corrected chi connectivity index (χ1v) is 8.20. The summed E-state index contributed by atoms with van der Waals surface area (Å²) in [5.74, 6) is 2.23. The zero-order chi connectivity index (χ0) is 14.0. The van der Waals surface area contributed by atoms with Crippen LogP contribution in [0.15, 0.2) is 0 Å². The molecule has 0 amide bonds. The smallest absolute Gasteiger partial charge is 0.323 e. The zero-order valence-electron chi connectivity index (χ0n) is 12.3. The molecule has 0 aliphatic carbocycles. The summed E-state index contributed by atoms with van der Waals surface area (Å²) in [5, 5.41) is 12.6. The molecule has 0 aromatic heterocycles. The van der Waals surface area contributed by atoms with E-state index in [0.717, 1.165) is 37.3 Å². The molecule has 2 N–H and O–H groups in total. The molecule has 0 heterocycles. The molecule has 0 aromatic carbocycles. The summed E-state index contributed by atoms with van der Waals surface area (Å²) in [6.07, 6.45) is 3.31. The SMILES string of the molecule is CCCNC(CC)(CCCSCC(C)C)C(=O)O. The van der Waals surface area contributed by atoms with Gasteiger partial charge in [-0.2, -0.15) is 11.8 Å². The summed E-state index contributed by atoms with van der Waals surface area (Å²) < 4.78 is 0. The molecule has 1 atom stereocenters. The topological polar surface area (TPSA) is 49.3 Å². The summed E-state index contributed by atoms with van der Waals surface area (Å²) >= 11 is 1.93. The zero-order valence-corrected chi connectivity index (χ0v) is 13.1. The third-order valence-corrected chi connectivity index (χ3v) is 4.55. The monoisotopic (exact) mass is 275 g/mol. The minimum Gasteiger partial charge on any atom is -0.480 e. The van der Waals surface area contributed by atoms with Crippen molar-refractivity contribution in [2.45, 2.75) is 58.9 Å². The maximum atomic E-state index is 11.5. The Morgan fingerprint density at radius 2 is 2.06 bits per heavy atom. The van der Waals surface area contributed by atoms with E-state index in [-0.39, 0.29) is 0 Å². The third-order valence-electron chi connectivity index (χ3n) is 3.07. The van der Waals surface area contributed by atoms with Gasteiger partial charge in [-0.15, -0.1) is 0 Å². The van der Waals surface area contributed by atoms with E-state index in [1.165, 1.54) is 0 Å². The maximum absolute atomic E-state index is 11.5. The Hall–Kier alpha value is -0.220. The van der Waals surface area contributed by atoms with Crippen LogP contribution in [-0.4, -0.2) is 34.7 Å². The van der Waals surface area contributed by atoms with E-state index in [0.29, 0.717) is 12.3 Å². The van der Waals surface area contributed by atoms with Gasteiger partial charge in [0.15, 0.2) is 0 Å². The molecular weight excluding hydrogens is 246 g/mol. The number of carboxylic acids is 1. The Balaban J connectivity index is 4.12. The second kappa shape index (κ2) is 9.68. The van der Waals surface area contributed by atoms with Gasteiger partial charge in [0, 0.05) is 0 Å². The fourth-order valence-corrected chi connectivity index (χ4v) is 2.87. The molecule has 0 rings (SSSR count). The predicted octanol–water partition coefficient (Wildman–Crippen LogP) is 3.39. The highest BCUT2D eigenvalue weighted by atomic mass is 32.2. The van der Waals surface area contributed by atoms with Gasteiger partial charge in [0.05, 0.1) is 0 Å². The Morgan fingerprint density at radius 3 is 2.50 bits per heavy atom. The largest absolute Gasteiger partial charge is 0.480 e. The Labute approximate surface area is 116 Å². The van der Waals surface area contributed by atoms with Crippen LogP contribution < -0.4 is 5.32 Å². The van der Waals surface area contributed by atoms with Crippen LogP contribution in [0, 0.1) is 5.92 Å². The molecule has 1 unspecified atom stereocenters. The summed E-state index contributed by atoms with van der Waals surface area (Å²) in [6.45, 7) is 9.22. The fraction of sp³-hybridized carbons (Fsp3) is 0.929. The van der Waals surface area contributed by atoms with Gasteiger partial charge in [0.2, 0.25) is 0 Å². The predicted molar refractivity (Wildman–Crippen MR) is 80.3 cm³/mol. The van der Waals surface area contributed by atoms with E-state index in [9.17, 15) is 9.90 Å². The Bertz CT molecular complexity index is 234. The van der Waals surface area contributed by atoms with Gasteiger partial charge in [0.1, 0.15) is 5.54 Å². The number of rotatable bonds is 11. The molecule has 0 saturated carbocycles. The lowest BCUT2D eigenvalue weighted by Gasteiger charge is -2.29. The molecule has 108 valence electrons. The summed E-state index contributed by atoms with van der Waals surface area (Å²) in [7, 11) is 0. The van der Waals surface area contributed by atoms with E-state index in [1.807, 2.05) is 18.7 Å². The van der Waals surface area contributed by atoms with Crippen molar-refractivity contribution in [3.8, 4) is 0 Å². The first kappa shape index (κ1) is 17.8. The number of hydrogen-bond acceptors (Lipinski definition) is 3. The first-order valence-electron chi connectivity index (χ1n) is 7.04. The highest BCUT2D eigenvalue weighted by molar-refractivity contribution is 7.99. The molecule has 0 aromatic rings. The molecule has 0 spiro atoms. The standard InChI is InChI=1S/C14H29NO2S/c1-5-9-15-14(6-2,13(16)17)8-7-10-18-11-12(3)4/h12,15H,5-11H2,1-4H3,(H,16,17). The third kappa shape index (κ3) is 6.64. The van der Waals surface area contributed by atoms with Crippen molar-refractivity contribution in [1.82, 2.24) is 5.32 Å². The van der Waals surface area contributed by atoms with Crippen LogP contribution in [-0.2, 0) is 4.79 Å². The van der Waals surface area contributed by atoms with Gasteiger partial charge in [0.25, 0.3) is 0 Å². The van der Waals surface area contributed by atoms with Crippen molar-refractivity contribution in [1.29, 1.82) is 0 Å². The number of carbonyl (C=O) groups is 1. The van der Waals surface area contributed by atoms with Gasteiger partial charge in [-0.05, 0) is 49.7 Å². The Kier molecular flexibility index (Phi) is 9.56. The van der Waals surface area contributed by atoms with Gasteiger partial charge >= 0.3 is 5.97 Å². The molecule has 0 aliphatic heterocycles. The van der Waals surface area contributed by atoms with Crippen molar-refractivity contribution in [2.24, 2.45) is 5.92 Å². The normalized spacial score (nSPS) is 14.7. The van der Waals surface area contributed by atoms with Crippen LogP contribution in [0.2, 0.25) is 0 Å². The van der Waals surface area contributed by atoms with Crippen molar-refractivity contribution in [3.63, 3.8) is 0 Å². The molecule has 18 heavy (non-hydrogen) atoms. The van der Waals surface area contributed by atoms with E-state index >= 15 is 0 Å². The van der Waals surface area contributed by atoms with Crippen molar-refractivity contribution >= 4 is 17.7 Å². The molecule has 0 radical (unpaired) electrons. The molecule has 0 bridgehead atoms. The van der Waals surface area contributed by atoms with Gasteiger partial charge < -0.3 is 10.4 Å². The average molecular weight is 275 g/mol. The lowest BCUT2D eigenvalue weighted by Crippen LogP contribution is -2.52. The average Bonchev–Trinajstić information content (AvgIpc) is 2.32. The van der Waals surface area contributed by atoms with Crippen LogP contribution in [0.4, 0.5) is 0 Å². The van der Waals surface area contributed by atoms with Crippen LogP contribution in [0.5, 0.6) is 0 Å². The highest BCUT2D eigenvalue weighted by Gasteiger charge is 2.35. The maximum Gasteiger partial charge on any atom is 0.323 e. The minimum atomic E-state index is -0.714. The number of hydrogen-bond donors (Lipinski definition) is 2. The lowest BCUT2D eigenvalue weighted by molar-refractivity contribution is -0.145. The fourth-order valence-electron chi connectivity index (χ4n) is 1.88. The molecule has 4 heteroatoms. The second-order valence-electron chi connectivity index (χ2n) is 5.24. The quantitative estimate of drug-likeness (QED) is 0.568. The van der Waals surface area contributed by atoms with E-state index in [2.05, 4.69) is 26.1 Å². The van der Waals surface area contributed by atoms with E-state index in [4.69, 9.17) is 0 Å². The van der Waals surface area contributed by atoms with Gasteiger partial charge in [-0.3, -0.25) is 4.79 Å². The molecular formula is C14H29NO2S. The summed E-state index contributed by atoms with van der Waals surface area (Å²) in [6, 6.07) is 0. The van der Waals surface area contributed by atoms with Gasteiger partial charge in [-0.1, -0.05) is 27.7 Å². The van der Waals surface area contributed by atoms with Crippen LogP contribution in [0.25, 0.3) is 0 Å². The number of nitrogens with one attached hydrogen (secondary N) is 1. The summed E-state index contributed by atoms with van der Waals surface area (Å²) in [5.41, 5.74) is -0.714. The highest BCUT2D eigenvalue weighted by Crippen LogP contribution is 2.20. The minimum absolute atomic E-state index is 0.650. The Morgan fingerprint density at radius 1 is 1.39 bits per heavy atom. The first-order chi connectivity index (χ1) is 8.48. The second-order valence-corrected chi connectivity index (χ2v) is 6.39. The molecule has 3 nitrogen and oxygen atoms in total. The van der Waals surface area contributed by atoms with E-state index in [1.54, 1.807) is 0 Å². The number of carboxylic acid groups (broad SMARTS) is 1. The number of thioether (sulfide) groups is 1. The van der Waals surface area contributed by atoms with Crippen LogP contribution >= 0.6 is 11.8 Å². The molecule has 0 saturated heterocycles. The number of aliphatic carboxylic acids is 1. The van der Waals surface area contributed by atoms with Crippen molar-refractivity contribution < 1.29 is 9.90 Å². The lowest BCUT2D eigenvalue weighted by atomic mass is 9.90. The molecule has 0 aliphatic rings. The summed E-state index contributed by atoms with van der Waals surface area (Å²) in [4.78, 5) is 11.5. The molecule has 0 fully saturated rings. The van der Waals surface area contributed by atoms with Crippen LogP contribution in [0.3, 0.4) is 0 Å². The van der Waals surface area contributed by atoms with Crippen molar-refractivity contribution in [3.05, 3.63) is 0 Å². The van der Waals surface area contributed by atoms with Crippen LogP contribution in [0.1, 0.15) is 53.4 Å². The van der Waals surface area contributed by atoms with E-state index < -0.39 is 11.5 Å². The van der Waals surface area contributed by atoms with Crippen molar-refractivity contribution in [2.75, 3.05) is 18.1 Å².